The predicted molar refractivity (Wildman–Crippen MR) is 97.7 cm³/mol. The maximum Gasteiger partial charge on any atom is 0.317 e. The molecule has 2 heterocycles. The lowest BCUT2D eigenvalue weighted by Crippen LogP contribution is -2.57. The average molecular weight is 361 g/mol. The highest BCUT2D eigenvalue weighted by Crippen LogP contribution is 2.28. The minimum Gasteiger partial charge on any atom is -0.480 e. The Hall–Kier alpha value is -2.28. The Morgan fingerprint density at radius 2 is 2.19 bits per heavy atom. The van der Waals surface area contributed by atoms with Gasteiger partial charge in [0.1, 0.15) is 5.76 Å². The number of carbonyl (C=O) groups excluding carboxylic acids is 1. The van der Waals surface area contributed by atoms with E-state index in [-0.39, 0.29) is 24.7 Å². The van der Waals surface area contributed by atoms with E-state index in [4.69, 9.17) is 9.52 Å². The number of amides is 2. The van der Waals surface area contributed by atoms with Crippen molar-refractivity contribution in [3.63, 3.8) is 0 Å². The molecule has 1 aliphatic heterocycles. The molecule has 26 heavy (non-hydrogen) atoms. The third kappa shape index (κ3) is 4.09. The van der Waals surface area contributed by atoms with Crippen LogP contribution in [0.15, 0.2) is 28.4 Å². The molecule has 142 valence electrons. The molecule has 2 amide bonds. The van der Waals surface area contributed by atoms with Gasteiger partial charge in [-0.15, -0.1) is 0 Å². The van der Waals surface area contributed by atoms with Crippen LogP contribution in [0.1, 0.15) is 38.9 Å². The third-order valence-corrected chi connectivity index (χ3v) is 5.43. The number of hydrogen-bond acceptors (Lipinski definition) is 4. The number of nitrogens with zero attached hydrogens (tertiary/aromatic N) is 2. The Morgan fingerprint density at radius 1 is 1.42 bits per heavy atom. The second-order valence-corrected chi connectivity index (χ2v) is 7.14. The summed E-state index contributed by atoms with van der Waals surface area (Å²) in [6.45, 7) is 6.09. The molecular formula is C19H27N3O4. The number of carboxylic acids is 1. The summed E-state index contributed by atoms with van der Waals surface area (Å²) in [6, 6.07) is 4.10. The highest BCUT2D eigenvalue weighted by molar-refractivity contribution is 5.79. The zero-order valence-corrected chi connectivity index (χ0v) is 15.4. The van der Waals surface area contributed by atoms with E-state index in [2.05, 4.69) is 12.2 Å². The summed E-state index contributed by atoms with van der Waals surface area (Å²) in [5.74, 6) is 0.0243. The highest BCUT2D eigenvalue weighted by Gasteiger charge is 2.35. The van der Waals surface area contributed by atoms with Gasteiger partial charge in [0, 0.05) is 24.2 Å². The fraction of sp³-hybridized carbons (Fsp3) is 0.579. The van der Waals surface area contributed by atoms with Gasteiger partial charge in [-0.25, -0.2) is 4.79 Å². The first-order valence-corrected chi connectivity index (χ1v) is 9.21. The highest BCUT2D eigenvalue weighted by atomic mass is 16.4. The van der Waals surface area contributed by atoms with Gasteiger partial charge in [0.2, 0.25) is 0 Å². The van der Waals surface area contributed by atoms with E-state index >= 15 is 0 Å². The SMILES string of the molecule is CCN(CC(=O)O)C1CC(NC(=O)N2CCC(C)=C(c3ccco3)C2)C1. The second kappa shape index (κ2) is 7.95. The molecule has 0 unspecified atom stereocenters. The molecule has 2 aliphatic rings. The molecule has 1 saturated carbocycles. The lowest BCUT2D eigenvalue weighted by Gasteiger charge is -2.43. The molecule has 0 saturated heterocycles. The number of carbonyl (C=O) groups is 2. The van der Waals surface area contributed by atoms with E-state index in [9.17, 15) is 9.59 Å². The Labute approximate surface area is 153 Å². The van der Waals surface area contributed by atoms with Gasteiger partial charge >= 0.3 is 12.0 Å². The minimum absolute atomic E-state index is 0.0497. The molecule has 0 spiro atoms. The molecule has 7 nitrogen and oxygen atoms in total. The molecular weight excluding hydrogens is 334 g/mol. The zero-order chi connectivity index (χ0) is 18.7. The van der Waals surface area contributed by atoms with Gasteiger partial charge in [0.05, 0.1) is 19.4 Å². The summed E-state index contributed by atoms with van der Waals surface area (Å²) in [4.78, 5) is 27.3. The maximum absolute atomic E-state index is 12.6. The van der Waals surface area contributed by atoms with Crippen molar-refractivity contribution in [1.29, 1.82) is 0 Å². The van der Waals surface area contributed by atoms with Gasteiger partial charge in [0.25, 0.3) is 0 Å². The van der Waals surface area contributed by atoms with Crippen molar-refractivity contribution in [2.45, 2.75) is 45.2 Å². The van der Waals surface area contributed by atoms with Crippen LogP contribution in [0.4, 0.5) is 4.79 Å². The van der Waals surface area contributed by atoms with Crippen LogP contribution in [0, 0.1) is 0 Å². The lowest BCUT2D eigenvalue weighted by atomic mass is 9.85. The largest absolute Gasteiger partial charge is 0.480 e. The van der Waals surface area contributed by atoms with Crippen molar-refractivity contribution < 1.29 is 19.1 Å². The first kappa shape index (κ1) is 18.5. The standard InChI is InChI=1S/C19H27N3O4/c1-3-21(12-18(23)24)15-9-14(10-15)20-19(25)22-7-6-13(2)16(11-22)17-5-4-8-26-17/h4-5,8,14-15H,3,6-7,9-12H2,1-2H3,(H,20,25)(H,23,24). The Balaban J connectivity index is 1.50. The molecule has 0 aromatic carbocycles. The molecule has 0 atom stereocenters. The fourth-order valence-electron chi connectivity index (χ4n) is 3.71. The summed E-state index contributed by atoms with van der Waals surface area (Å²) in [7, 11) is 0. The van der Waals surface area contributed by atoms with Crippen molar-refractivity contribution in [2.75, 3.05) is 26.2 Å². The molecule has 3 rings (SSSR count). The van der Waals surface area contributed by atoms with Crippen LogP contribution in [-0.4, -0.2) is 65.2 Å². The van der Waals surface area contributed by atoms with Crippen LogP contribution in [0.5, 0.6) is 0 Å². The molecule has 2 N–H and O–H groups in total. The molecule has 1 aliphatic carbocycles. The van der Waals surface area contributed by atoms with Crippen LogP contribution >= 0.6 is 0 Å². The molecule has 1 aromatic heterocycles. The predicted octanol–water partition coefficient (Wildman–Crippen LogP) is 2.41. The third-order valence-electron chi connectivity index (χ3n) is 5.43. The summed E-state index contributed by atoms with van der Waals surface area (Å²) < 4.78 is 5.50. The maximum atomic E-state index is 12.6. The number of likely N-dealkylation sites (N-methyl/N-ethyl adjacent to an activating group) is 1. The van der Waals surface area contributed by atoms with Crippen LogP contribution in [0.2, 0.25) is 0 Å². The molecule has 0 bridgehead atoms. The Morgan fingerprint density at radius 3 is 2.81 bits per heavy atom. The molecule has 1 aromatic rings. The number of aliphatic carboxylic acids is 1. The van der Waals surface area contributed by atoms with E-state index in [1.807, 2.05) is 28.9 Å². The molecule has 1 fully saturated rings. The van der Waals surface area contributed by atoms with Crippen LogP contribution in [0.3, 0.4) is 0 Å². The van der Waals surface area contributed by atoms with Gasteiger partial charge in [-0.1, -0.05) is 12.5 Å². The second-order valence-electron chi connectivity index (χ2n) is 7.14. The van der Waals surface area contributed by atoms with Gasteiger partial charge in [0.15, 0.2) is 0 Å². The Bertz CT molecular complexity index is 677. The number of rotatable bonds is 6. The van der Waals surface area contributed by atoms with Gasteiger partial charge in [-0.2, -0.15) is 0 Å². The van der Waals surface area contributed by atoms with Gasteiger partial charge < -0.3 is 19.7 Å². The van der Waals surface area contributed by atoms with Crippen molar-refractivity contribution in [3.8, 4) is 0 Å². The van der Waals surface area contributed by atoms with Crippen LogP contribution in [0.25, 0.3) is 5.57 Å². The first-order chi connectivity index (χ1) is 12.5. The summed E-state index contributed by atoms with van der Waals surface area (Å²) in [5.41, 5.74) is 2.35. The van der Waals surface area contributed by atoms with E-state index in [0.29, 0.717) is 19.6 Å². The normalized spacial score (nSPS) is 23.1. The summed E-state index contributed by atoms with van der Waals surface area (Å²) >= 11 is 0. The van der Waals surface area contributed by atoms with Crippen molar-refractivity contribution in [3.05, 3.63) is 29.7 Å². The number of carboxylic acid groups (broad SMARTS) is 1. The van der Waals surface area contributed by atoms with Crippen molar-refractivity contribution >= 4 is 17.6 Å². The lowest BCUT2D eigenvalue weighted by molar-refractivity contribution is -0.139. The number of hydrogen-bond donors (Lipinski definition) is 2. The van der Waals surface area contributed by atoms with Gasteiger partial charge in [-0.05, 0) is 44.9 Å². The van der Waals surface area contributed by atoms with Crippen molar-refractivity contribution in [1.82, 2.24) is 15.1 Å². The van der Waals surface area contributed by atoms with Crippen LogP contribution in [-0.2, 0) is 4.79 Å². The van der Waals surface area contributed by atoms with Gasteiger partial charge in [-0.3, -0.25) is 9.69 Å². The smallest absolute Gasteiger partial charge is 0.317 e. The topological polar surface area (TPSA) is 86.0 Å². The molecule has 7 heteroatoms. The Kier molecular flexibility index (Phi) is 5.66. The first-order valence-electron chi connectivity index (χ1n) is 9.21. The van der Waals surface area contributed by atoms with E-state index in [1.165, 1.54) is 5.57 Å². The van der Waals surface area contributed by atoms with Crippen LogP contribution < -0.4 is 5.32 Å². The summed E-state index contributed by atoms with van der Waals surface area (Å²) in [5, 5.41) is 12.0. The zero-order valence-electron chi connectivity index (χ0n) is 15.4. The minimum atomic E-state index is -0.805. The van der Waals surface area contributed by atoms with E-state index in [1.54, 1.807) is 6.26 Å². The average Bonchev–Trinajstić information content (AvgIpc) is 3.10. The monoisotopic (exact) mass is 361 g/mol. The molecule has 0 radical (unpaired) electrons. The summed E-state index contributed by atoms with van der Waals surface area (Å²) in [6.07, 6.45) is 4.11. The van der Waals surface area contributed by atoms with E-state index in [0.717, 1.165) is 30.6 Å². The number of urea groups is 1. The quantitative estimate of drug-likeness (QED) is 0.813. The van der Waals surface area contributed by atoms with E-state index < -0.39 is 5.97 Å². The number of nitrogens with one attached hydrogen (secondary N) is 1. The van der Waals surface area contributed by atoms with Crippen molar-refractivity contribution in [2.24, 2.45) is 0 Å². The number of furan rings is 1. The fourth-order valence-corrected chi connectivity index (χ4v) is 3.71.